The minimum absolute atomic E-state index is 0.0944. The summed E-state index contributed by atoms with van der Waals surface area (Å²) >= 11 is 2.73. The molecule has 9 heteroatoms. The van der Waals surface area contributed by atoms with Gasteiger partial charge in [-0.15, -0.1) is 10.2 Å². The summed E-state index contributed by atoms with van der Waals surface area (Å²) in [4.78, 5) is 28.9. The van der Waals surface area contributed by atoms with Crippen molar-refractivity contribution in [3.8, 4) is 0 Å². The molecule has 1 atom stereocenters. The molecule has 6 nitrogen and oxygen atoms in total. The fraction of sp³-hybridized carbons (Fsp3) is 0.172. The number of anilines is 1. The molecule has 190 valence electrons. The lowest BCUT2D eigenvalue weighted by molar-refractivity contribution is 0.0970. The van der Waals surface area contributed by atoms with E-state index in [4.69, 9.17) is 4.42 Å². The number of rotatable bonds is 5. The molecule has 2 aromatic heterocycles. The van der Waals surface area contributed by atoms with Crippen LogP contribution < -0.4 is 10.3 Å². The van der Waals surface area contributed by atoms with Crippen molar-refractivity contribution in [2.24, 2.45) is 0 Å². The number of aryl methyl sites for hydroxylation is 3. The predicted octanol–water partition coefficient (Wildman–Crippen LogP) is 6.75. The first-order valence-electron chi connectivity index (χ1n) is 12.0. The normalized spacial score (nSPS) is 14.9. The Balaban J connectivity index is 1.45. The zero-order chi connectivity index (χ0) is 26.6. The van der Waals surface area contributed by atoms with E-state index in [2.05, 4.69) is 34.5 Å². The molecule has 1 aliphatic rings. The average Bonchev–Trinajstić information content (AvgIpc) is 3.48. The van der Waals surface area contributed by atoms with Crippen molar-refractivity contribution in [2.45, 2.75) is 36.9 Å². The Morgan fingerprint density at radius 1 is 1.00 bits per heavy atom. The Morgan fingerprint density at radius 2 is 1.74 bits per heavy atom. The van der Waals surface area contributed by atoms with Crippen molar-refractivity contribution in [3.63, 3.8) is 0 Å². The molecule has 0 N–H and O–H groups in total. The molecule has 5 aromatic rings. The minimum Gasteiger partial charge on any atom is -0.450 e. The van der Waals surface area contributed by atoms with Gasteiger partial charge in [-0.1, -0.05) is 71.1 Å². The second kappa shape index (κ2) is 9.49. The van der Waals surface area contributed by atoms with Gasteiger partial charge in [0, 0.05) is 11.3 Å². The summed E-state index contributed by atoms with van der Waals surface area (Å²) in [6.07, 6.45) is 0. The highest BCUT2D eigenvalue weighted by atomic mass is 32.2. The molecule has 6 rings (SSSR count). The number of benzene rings is 3. The number of carbonyl (C=O) groups excluding carboxylic acids is 1. The van der Waals surface area contributed by atoms with Crippen LogP contribution in [0.5, 0.6) is 0 Å². The van der Waals surface area contributed by atoms with Crippen molar-refractivity contribution in [1.82, 2.24) is 10.2 Å². The third-order valence-electron chi connectivity index (χ3n) is 6.77. The molecule has 1 unspecified atom stereocenters. The number of carbonyl (C=O) groups is 1. The molecule has 38 heavy (non-hydrogen) atoms. The van der Waals surface area contributed by atoms with Crippen LogP contribution in [0.1, 0.15) is 50.0 Å². The maximum absolute atomic E-state index is 15.1. The molecule has 1 aliphatic heterocycles. The monoisotopic (exact) mass is 543 g/mol. The van der Waals surface area contributed by atoms with E-state index in [0.717, 1.165) is 16.7 Å². The van der Waals surface area contributed by atoms with Crippen LogP contribution >= 0.6 is 23.1 Å². The average molecular weight is 544 g/mol. The summed E-state index contributed by atoms with van der Waals surface area (Å²) < 4.78 is 21.8. The quantitative estimate of drug-likeness (QED) is 0.180. The first-order valence-corrected chi connectivity index (χ1v) is 13.8. The minimum atomic E-state index is -1.02. The van der Waals surface area contributed by atoms with E-state index < -0.39 is 17.8 Å². The molecule has 3 heterocycles. The highest BCUT2D eigenvalue weighted by Gasteiger charge is 2.46. The number of aromatic nitrogens is 2. The standard InChI is InChI=1S/C29H22FN3O3S2/c1-15-8-10-18(11-9-15)14-37-29-32-31-28(38-29)33-24(19-6-4-5-7-21(19)30)23-25(34)20-12-16(2)17(3)13-22(20)36-26(23)27(33)35/h4-13,24H,14H2,1-3H3. The highest BCUT2D eigenvalue weighted by Crippen LogP contribution is 2.44. The van der Waals surface area contributed by atoms with E-state index in [9.17, 15) is 9.59 Å². The summed E-state index contributed by atoms with van der Waals surface area (Å²) in [5.41, 5.74) is 4.46. The van der Waals surface area contributed by atoms with Gasteiger partial charge in [-0.05, 0) is 55.7 Å². The van der Waals surface area contributed by atoms with Crippen LogP contribution in [-0.2, 0) is 5.75 Å². The van der Waals surface area contributed by atoms with E-state index in [-0.39, 0.29) is 27.4 Å². The number of thioether (sulfide) groups is 1. The Labute approximate surface area is 226 Å². The molecule has 0 saturated carbocycles. The zero-order valence-electron chi connectivity index (χ0n) is 20.8. The van der Waals surface area contributed by atoms with Crippen LogP contribution in [0.2, 0.25) is 0 Å². The smallest absolute Gasteiger partial charge is 0.297 e. The molecule has 0 radical (unpaired) electrons. The summed E-state index contributed by atoms with van der Waals surface area (Å²) in [5, 5.41) is 9.19. The molecule has 0 spiro atoms. The largest absolute Gasteiger partial charge is 0.450 e. The van der Waals surface area contributed by atoms with Crippen molar-refractivity contribution in [2.75, 3.05) is 4.90 Å². The molecule has 1 amide bonds. The maximum Gasteiger partial charge on any atom is 0.297 e. The Hall–Kier alpha value is -3.82. The van der Waals surface area contributed by atoms with Gasteiger partial charge in [0.2, 0.25) is 10.9 Å². The number of hydrogen-bond donors (Lipinski definition) is 0. The third-order valence-corrected chi connectivity index (χ3v) is 8.90. The highest BCUT2D eigenvalue weighted by molar-refractivity contribution is 8.00. The first-order chi connectivity index (χ1) is 18.3. The first kappa shape index (κ1) is 24.5. The van der Waals surface area contributed by atoms with Crippen LogP contribution in [0.15, 0.2) is 74.2 Å². The van der Waals surface area contributed by atoms with Crippen LogP contribution in [0.3, 0.4) is 0 Å². The van der Waals surface area contributed by atoms with E-state index in [1.165, 1.54) is 39.6 Å². The van der Waals surface area contributed by atoms with E-state index in [1.54, 1.807) is 30.3 Å². The number of hydrogen-bond acceptors (Lipinski definition) is 7. The van der Waals surface area contributed by atoms with Gasteiger partial charge in [0.05, 0.1) is 10.9 Å². The van der Waals surface area contributed by atoms with Crippen molar-refractivity contribution in [3.05, 3.63) is 116 Å². The van der Waals surface area contributed by atoms with E-state index >= 15 is 4.39 Å². The Morgan fingerprint density at radius 3 is 2.50 bits per heavy atom. The van der Waals surface area contributed by atoms with Gasteiger partial charge in [0.1, 0.15) is 17.4 Å². The van der Waals surface area contributed by atoms with Crippen LogP contribution in [0, 0.1) is 26.6 Å². The van der Waals surface area contributed by atoms with Gasteiger partial charge in [0.15, 0.2) is 9.77 Å². The number of halogens is 1. The van der Waals surface area contributed by atoms with Gasteiger partial charge in [-0.2, -0.15) is 0 Å². The topological polar surface area (TPSA) is 76.3 Å². The zero-order valence-corrected chi connectivity index (χ0v) is 22.5. The van der Waals surface area contributed by atoms with Crippen LogP contribution in [0.4, 0.5) is 9.52 Å². The molecular weight excluding hydrogens is 521 g/mol. The summed E-state index contributed by atoms with van der Waals surface area (Å²) in [7, 11) is 0. The Bertz CT molecular complexity index is 1780. The van der Waals surface area contributed by atoms with Crippen molar-refractivity contribution in [1.29, 1.82) is 0 Å². The van der Waals surface area contributed by atoms with Gasteiger partial charge in [0.25, 0.3) is 5.91 Å². The van der Waals surface area contributed by atoms with Crippen molar-refractivity contribution < 1.29 is 13.6 Å². The lowest BCUT2D eigenvalue weighted by atomic mass is 9.97. The summed E-state index contributed by atoms with van der Waals surface area (Å²) in [5.74, 6) is -0.481. The van der Waals surface area contributed by atoms with Gasteiger partial charge in [-0.25, -0.2) is 4.39 Å². The fourth-order valence-corrected chi connectivity index (χ4v) is 6.43. The molecule has 0 fully saturated rings. The van der Waals surface area contributed by atoms with E-state index in [1.807, 2.05) is 20.8 Å². The van der Waals surface area contributed by atoms with Crippen LogP contribution in [0.25, 0.3) is 11.0 Å². The summed E-state index contributed by atoms with van der Waals surface area (Å²) in [6.45, 7) is 5.86. The molecular formula is C29H22FN3O3S2. The van der Waals surface area contributed by atoms with Gasteiger partial charge < -0.3 is 4.42 Å². The SMILES string of the molecule is Cc1ccc(CSc2nnc(N3C(=O)c4oc5cc(C)c(C)cc5c(=O)c4C3c3ccccc3F)s2)cc1. The number of amides is 1. The Kier molecular flexibility index (Phi) is 6.12. The molecule has 0 bridgehead atoms. The number of fused-ring (bicyclic) bond motifs is 2. The lowest BCUT2D eigenvalue weighted by Crippen LogP contribution is -2.30. The lowest BCUT2D eigenvalue weighted by Gasteiger charge is -2.22. The van der Waals surface area contributed by atoms with Gasteiger partial charge in [-0.3, -0.25) is 14.5 Å². The van der Waals surface area contributed by atoms with E-state index in [0.29, 0.717) is 21.1 Å². The molecule has 3 aromatic carbocycles. The fourth-order valence-electron chi connectivity index (χ4n) is 4.60. The molecule has 0 saturated heterocycles. The predicted molar refractivity (Wildman–Crippen MR) is 148 cm³/mol. The van der Waals surface area contributed by atoms with Gasteiger partial charge >= 0.3 is 0 Å². The maximum atomic E-state index is 15.1. The van der Waals surface area contributed by atoms with Crippen molar-refractivity contribution >= 4 is 45.1 Å². The van der Waals surface area contributed by atoms with Crippen LogP contribution in [-0.4, -0.2) is 16.1 Å². The summed E-state index contributed by atoms with van der Waals surface area (Å²) in [6, 6.07) is 16.9. The second-order valence-corrected chi connectivity index (χ2v) is 11.5. The molecule has 0 aliphatic carbocycles. The number of nitrogens with zero attached hydrogens (tertiary/aromatic N) is 3. The second-order valence-electron chi connectivity index (χ2n) is 9.33. The third kappa shape index (κ3) is 4.12.